The molecule has 3 aromatic rings. The number of halogens is 2. The van der Waals surface area contributed by atoms with Crippen LogP contribution in [0, 0.1) is 5.82 Å². The van der Waals surface area contributed by atoms with Crippen LogP contribution in [-0.4, -0.2) is 32.3 Å². The minimum Gasteiger partial charge on any atom is -0.484 e. The second kappa shape index (κ2) is 7.93. The normalized spacial score (nSPS) is 11.3. The van der Waals surface area contributed by atoms with Gasteiger partial charge >= 0.3 is 0 Å². The number of nitrogens with one attached hydrogen (secondary N) is 1. The fourth-order valence-electron chi connectivity index (χ4n) is 2.28. The molecule has 2 heterocycles. The van der Waals surface area contributed by atoms with Crippen molar-refractivity contribution in [1.29, 1.82) is 0 Å². The first-order valence-electron chi connectivity index (χ1n) is 8.49. The van der Waals surface area contributed by atoms with Crippen LogP contribution in [0.3, 0.4) is 0 Å². The van der Waals surface area contributed by atoms with E-state index in [9.17, 15) is 9.18 Å². The molecular weight excluding hydrogens is 385 g/mol. The molecule has 1 aromatic carbocycles. The molecule has 0 spiro atoms. The van der Waals surface area contributed by atoms with Gasteiger partial charge < -0.3 is 10.1 Å². The Hall–Kier alpha value is -3.00. The Morgan fingerprint density at radius 3 is 2.61 bits per heavy atom. The maximum absolute atomic E-state index is 13.2. The monoisotopic (exact) mass is 403 g/mol. The van der Waals surface area contributed by atoms with Crippen molar-refractivity contribution in [3.8, 4) is 11.7 Å². The fourth-order valence-corrected chi connectivity index (χ4v) is 2.45. The van der Waals surface area contributed by atoms with Gasteiger partial charge in [0, 0.05) is 29.9 Å². The van der Waals surface area contributed by atoms with Gasteiger partial charge in [0.25, 0.3) is 11.9 Å². The van der Waals surface area contributed by atoms with E-state index < -0.39 is 11.7 Å². The largest absolute Gasteiger partial charge is 0.484 e. The quantitative estimate of drug-likeness (QED) is 0.701. The third kappa shape index (κ3) is 4.64. The van der Waals surface area contributed by atoms with Gasteiger partial charge in [0.05, 0.1) is 10.7 Å². The van der Waals surface area contributed by atoms with Crippen LogP contribution in [0.1, 0.15) is 26.5 Å². The molecule has 0 aliphatic rings. The Labute approximate surface area is 166 Å². The molecule has 0 aliphatic heterocycles. The lowest BCUT2D eigenvalue weighted by molar-refractivity contribution is -0.118. The summed E-state index contributed by atoms with van der Waals surface area (Å²) in [5.41, 5.74) is 0.530. The summed E-state index contributed by atoms with van der Waals surface area (Å²) < 4.78 is 20.0. The molecule has 0 unspecified atom stereocenters. The number of hydrogen-bond acceptors (Lipinski definition) is 5. The van der Waals surface area contributed by atoms with Crippen LogP contribution < -0.4 is 10.1 Å². The summed E-state index contributed by atoms with van der Waals surface area (Å²) in [5, 5.41) is 7.19. The lowest BCUT2D eigenvalue weighted by Crippen LogP contribution is -2.22. The number of hydrogen-bond donors (Lipinski definition) is 1. The van der Waals surface area contributed by atoms with Gasteiger partial charge in [-0.1, -0.05) is 32.4 Å². The van der Waals surface area contributed by atoms with Gasteiger partial charge in [0.2, 0.25) is 0 Å². The molecule has 1 amide bonds. The molecule has 0 fully saturated rings. The summed E-state index contributed by atoms with van der Waals surface area (Å²) in [6, 6.07) is 7.34. The zero-order valence-corrected chi connectivity index (χ0v) is 16.4. The predicted molar refractivity (Wildman–Crippen MR) is 103 cm³/mol. The first kappa shape index (κ1) is 19.8. The first-order valence-corrected chi connectivity index (χ1v) is 8.87. The van der Waals surface area contributed by atoms with E-state index in [1.165, 1.54) is 22.9 Å². The second-order valence-corrected chi connectivity index (χ2v) is 7.45. The average molecular weight is 404 g/mol. The van der Waals surface area contributed by atoms with Crippen LogP contribution in [0.25, 0.3) is 5.95 Å². The first-order chi connectivity index (χ1) is 13.2. The Balaban J connectivity index is 1.77. The van der Waals surface area contributed by atoms with Gasteiger partial charge in [-0.15, -0.1) is 0 Å². The van der Waals surface area contributed by atoms with Crippen molar-refractivity contribution in [3.63, 3.8) is 0 Å². The Morgan fingerprint density at radius 1 is 1.25 bits per heavy atom. The Kier molecular flexibility index (Phi) is 5.60. The van der Waals surface area contributed by atoms with Crippen LogP contribution in [0.4, 0.5) is 10.2 Å². The molecule has 3 rings (SSSR count). The number of nitrogens with zero attached hydrogens (tertiary/aromatic N) is 4. The number of ether oxygens (including phenoxy) is 1. The minimum atomic E-state index is -0.556. The third-order valence-corrected chi connectivity index (χ3v) is 4.04. The summed E-state index contributed by atoms with van der Waals surface area (Å²) in [6.07, 6.45) is 3.18. The standard InChI is InChI=1S/C19H19ClFN5O2/c1-19(2,3)15-10-16(26(25-15)18-22-7-4-8-23-18)24-17(27)11-28-12-5-6-14(21)13(20)9-12/h4-10H,11H2,1-3H3,(H,24,27). The average Bonchev–Trinajstić information content (AvgIpc) is 3.07. The maximum Gasteiger partial charge on any atom is 0.263 e. The molecule has 0 aliphatic carbocycles. The molecule has 7 nitrogen and oxygen atoms in total. The Bertz CT molecular complexity index is 986. The lowest BCUT2D eigenvalue weighted by atomic mass is 9.92. The van der Waals surface area contributed by atoms with Crippen molar-refractivity contribution < 1.29 is 13.9 Å². The summed E-state index contributed by atoms with van der Waals surface area (Å²) in [7, 11) is 0. The molecule has 9 heteroatoms. The van der Waals surface area contributed by atoms with E-state index in [1.807, 2.05) is 20.8 Å². The predicted octanol–water partition coefficient (Wildman–Crippen LogP) is 3.77. The number of anilines is 1. The minimum absolute atomic E-state index is 0.0768. The number of benzene rings is 1. The summed E-state index contributed by atoms with van der Waals surface area (Å²) in [4.78, 5) is 20.7. The number of carbonyl (C=O) groups excluding carboxylic acids is 1. The van der Waals surface area contributed by atoms with Gasteiger partial charge in [-0.2, -0.15) is 9.78 Å². The van der Waals surface area contributed by atoms with Gasteiger partial charge in [-0.05, 0) is 18.2 Å². The van der Waals surface area contributed by atoms with Crippen molar-refractivity contribution in [1.82, 2.24) is 19.7 Å². The number of rotatable bonds is 5. The van der Waals surface area contributed by atoms with E-state index in [4.69, 9.17) is 16.3 Å². The maximum atomic E-state index is 13.2. The van der Waals surface area contributed by atoms with Crippen LogP contribution in [0.15, 0.2) is 42.7 Å². The Morgan fingerprint density at radius 2 is 1.96 bits per heavy atom. The SMILES string of the molecule is CC(C)(C)c1cc(NC(=O)COc2ccc(F)c(Cl)c2)n(-c2ncccn2)n1. The highest BCUT2D eigenvalue weighted by Gasteiger charge is 2.22. The smallest absolute Gasteiger partial charge is 0.263 e. The highest BCUT2D eigenvalue weighted by atomic mass is 35.5. The molecule has 0 saturated heterocycles. The summed E-state index contributed by atoms with van der Waals surface area (Å²) in [5.74, 6) is 0.0659. The molecule has 0 bridgehead atoms. The number of amides is 1. The van der Waals surface area contributed by atoms with E-state index in [0.717, 1.165) is 5.69 Å². The molecule has 0 radical (unpaired) electrons. The molecule has 146 valence electrons. The lowest BCUT2D eigenvalue weighted by Gasteiger charge is -2.13. The topological polar surface area (TPSA) is 81.9 Å². The van der Waals surface area contributed by atoms with Crippen LogP contribution in [-0.2, 0) is 10.2 Å². The van der Waals surface area contributed by atoms with Crippen LogP contribution >= 0.6 is 11.6 Å². The van der Waals surface area contributed by atoms with Crippen LogP contribution in [0.2, 0.25) is 5.02 Å². The zero-order valence-electron chi connectivity index (χ0n) is 15.6. The molecule has 0 atom stereocenters. The van der Waals surface area contributed by atoms with Crippen LogP contribution in [0.5, 0.6) is 5.75 Å². The van der Waals surface area contributed by atoms with E-state index in [2.05, 4.69) is 20.4 Å². The molecular formula is C19H19ClFN5O2. The molecule has 0 saturated carbocycles. The van der Waals surface area contributed by atoms with Crippen molar-refractivity contribution in [2.24, 2.45) is 0 Å². The zero-order chi connectivity index (χ0) is 20.3. The van der Waals surface area contributed by atoms with E-state index >= 15 is 0 Å². The fraction of sp³-hybridized carbons (Fsp3) is 0.263. The van der Waals surface area contributed by atoms with Gasteiger partial charge in [-0.25, -0.2) is 14.4 Å². The van der Waals surface area contributed by atoms with Gasteiger partial charge in [0.15, 0.2) is 6.61 Å². The summed E-state index contributed by atoms with van der Waals surface area (Å²) in [6.45, 7) is 5.75. The highest BCUT2D eigenvalue weighted by Crippen LogP contribution is 2.25. The molecule has 1 N–H and O–H groups in total. The number of aromatic nitrogens is 4. The third-order valence-electron chi connectivity index (χ3n) is 3.75. The van der Waals surface area contributed by atoms with Crippen molar-refractivity contribution in [3.05, 3.63) is 59.3 Å². The van der Waals surface area contributed by atoms with E-state index in [-0.39, 0.29) is 22.8 Å². The van der Waals surface area contributed by atoms with Crippen molar-refractivity contribution >= 4 is 23.3 Å². The van der Waals surface area contributed by atoms with Gasteiger partial charge in [-0.3, -0.25) is 4.79 Å². The second-order valence-electron chi connectivity index (χ2n) is 7.04. The number of carbonyl (C=O) groups is 1. The van der Waals surface area contributed by atoms with Crippen molar-refractivity contribution in [2.45, 2.75) is 26.2 Å². The highest BCUT2D eigenvalue weighted by molar-refractivity contribution is 6.30. The van der Waals surface area contributed by atoms with Gasteiger partial charge in [0.1, 0.15) is 17.4 Å². The molecule has 28 heavy (non-hydrogen) atoms. The van der Waals surface area contributed by atoms with E-state index in [1.54, 1.807) is 24.5 Å². The summed E-state index contributed by atoms with van der Waals surface area (Å²) >= 11 is 5.71. The molecule has 2 aromatic heterocycles. The van der Waals surface area contributed by atoms with E-state index in [0.29, 0.717) is 11.8 Å². The van der Waals surface area contributed by atoms with Crippen molar-refractivity contribution in [2.75, 3.05) is 11.9 Å².